The number of nitrogens with zero attached hydrogens (tertiary/aromatic N) is 2. The first kappa shape index (κ1) is 18.1. The maximum absolute atomic E-state index is 14.2. The number of benzene rings is 2. The van der Waals surface area contributed by atoms with Crippen molar-refractivity contribution in [2.45, 2.75) is 12.3 Å². The Balaban J connectivity index is 1.78. The quantitative estimate of drug-likeness (QED) is 0.458. The Morgan fingerprint density at radius 3 is 2.42 bits per heavy atom. The number of ether oxygens (including phenoxy) is 1. The summed E-state index contributed by atoms with van der Waals surface area (Å²) in [5.41, 5.74) is -0.366. The Kier molecular flexibility index (Phi) is 4.82. The van der Waals surface area contributed by atoms with Crippen molar-refractivity contribution in [3.8, 4) is 0 Å². The maximum Gasteiger partial charge on any atom is 0.416 e. The fraction of sp³-hybridized carbons (Fsp3) is 0.294. The average Bonchev–Trinajstić information content (AvgIpc) is 2.61. The number of non-ortho nitro benzene ring substituents is 1. The highest BCUT2D eigenvalue weighted by Gasteiger charge is 2.31. The molecule has 1 unspecified atom stereocenters. The molecule has 1 aliphatic rings. The zero-order valence-electron chi connectivity index (χ0n) is 13.4. The van der Waals surface area contributed by atoms with E-state index >= 15 is 0 Å². The molecule has 0 radical (unpaired) electrons. The van der Waals surface area contributed by atoms with Crippen LogP contribution in [-0.2, 0) is 10.9 Å². The summed E-state index contributed by atoms with van der Waals surface area (Å²) in [6, 6.07) is 8.00. The van der Waals surface area contributed by atoms with Crippen LogP contribution in [0, 0.1) is 15.9 Å². The van der Waals surface area contributed by atoms with Gasteiger partial charge in [-0.15, -0.1) is 0 Å². The molecular weight excluding hydrogens is 356 g/mol. The van der Waals surface area contributed by atoms with Gasteiger partial charge < -0.3 is 9.64 Å². The van der Waals surface area contributed by atoms with Crippen molar-refractivity contribution in [3.05, 3.63) is 69.5 Å². The van der Waals surface area contributed by atoms with Crippen LogP contribution in [-0.4, -0.2) is 24.6 Å². The van der Waals surface area contributed by atoms with Gasteiger partial charge in [-0.2, -0.15) is 13.2 Å². The molecule has 1 heterocycles. The van der Waals surface area contributed by atoms with Crippen LogP contribution < -0.4 is 4.90 Å². The molecule has 138 valence electrons. The topological polar surface area (TPSA) is 55.6 Å². The van der Waals surface area contributed by atoms with Crippen molar-refractivity contribution in [3.63, 3.8) is 0 Å². The fourth-order valence-corrected chi connectivity index (χ4v) is 2.82. The molecule has 1 atom stereocenters. The van der Waals surface area contributed by atoms with Crippen molar-refractivity contribution in [1.29, 1.82) is 0 Å². The van der Waals surface area contributed by atoms with Gasteiger partial charge in [0.2, 0.25) is 0 Å². The lowest BCUT2D eigenvalue weighted by atomic mass is 10.0. The zero-order chi connectivity index (χ0) is 18.9. The molecule has 0 bridgehead atoms. The van der Waals surface area contributed by atoms with E-state index < -0.39 is 28.6 Å². The van der Waals surface area contributed by atoms with Crippen molar-refractivity contribution >= 4 is 11.4 Å². The van der Waals surface area contributed by atoms with Gasteiger partial charge in [-0.3, -0.25) is 10.1 Å². The summed E-state index contributed by atoms with van der Waals surface area (Å²) in [4.78, 5) is 11.7. The first-order valence-electron chi connectivity index (χ1n) is 7.73. The minimum absolute atomic E-state index is 0.191. The van der Waals surface area contributed by atoms with Crippen LogP contribution in [0.25, 0.3) is 0 Å². The van der Waals surface area contributed by atoms with Crippen LogP contribution in [0.2, 0.25) is 0 Å². The summed E-state index contributed by atoms with van der Waals surface area (Å²) in [7, 11) is 0. The molecule has 0 aromatic heterocycles. The Labute approximate surface area is 145 Å². The molecule has 2 aromatic carbocycles. The normalized spacial score (nSPS) is 18.0. The number of alkyl halides is 3. The Morgan fingerprint density at radius 2 is 1.85 bits per heavy atom. The largest absolute Gasteiger partial charge is 0.416 e. The van der Waals surface area contributed by atoms with Crippen molar-refractivity contribution in [1.82, 2.24) is 0 Å². The molecule has 3 rings (SSSR count). The summed E-state index contributed by atoms with van der Waals surface area (Å²) in [6.45, 7) is 0.841. The maximum atomic E-state index is 14.2. The van der Waals surface area contributed by atoms with Gasteiger partial charge >= 0.3 is 6.18 Å². The monoisotopic (exact) mass is 370 g/mol. The third kappa shape index (κ3) is 3.77. The summed E-state index contributed by atoms with van der Waals surface area (Å²) in [6.07, 6.45) is -4.94. The van der Waals surface area contributed by atoms with Crippen LogP contribution in [0.3, 0.4) is 0 Å². The van der Waals surface area contributed by atoms with E-state index in [9.17, 15) is 27.7 Å². The Bertz CT molecular complexity index is 809. The van der Waals surface area contributed by atoms with E-state index in [0.717, 1.165) is 18.2 Å². The third-order valence-corrected chi connectivity index (χ3v) is 4.16. The van der Waals surface area contributed by atoms with E-state index in [1.165, 1.54) is 24.3 Å². The summed E-state index contributed by atoms with van der Waals surface area (Å²) >= 11 is 0. The van der Waals surface area contributed by atoms with Crippen LogP contribution in [0.1, 0.15) is 17.2 Å². The van der Waals surface area contributed by atoms with E-state index in [4.69, 9.17) is 4.74 Å². The number of anilines is 1. The van der Waals surface area contributed by atoms with E-state index in [1.807, 2.05) is 0 Å². The number of nitro benzene ring substituents is 1. The number of morpholine rings is 1. The highest BCUT2D eigenvalue weighted by molar-refractivity contribution is 5.53. The van der Waals surface area contributed by atoms with Crippen molar-refractivity contribution in [2.24, 2.45) is 0 Å². The lowest BCUT2D eigenvalue weighted by molar-refractivity contribution is -0.385. The van der Waals surface area contributed by atoms with Gasteiger partial charge in [-0.05, 0) is 23.8 Å². The van der Waals surface area contributed by atoms with Gasteiger partial charge in [0.25, 0.3) is 5.69 Å². The van der Waals surface area contributed by atoms with Crippen molar-refractivity contribution in [2.75, 3.05) is 24.6 Å². The summed E-state index contributed by atoms with van der Waals surface area (Å²) < 4.78 is 57.7. The molecule has 26 heavy (non-hydrogen) atoms. The average molecular weight is 370 g/mol. The second-order valence-electron chi connectivity index (χ2n) is 5.82. The molecule has 2 aromatic rings. The number of hydrogen-bond donors (Lipinski definition) is 0. The second-order valence-corrected chi connectivity index (χ2v) is 5.82. The molecule has 0 amide bonds. The van der Waals surface area contributed by atoms with Gasteiger partial charge in [0, 0.05) is 19.2 Å². The highest BCUT2D eigenvalue weighted by atomic mass is 19.4. The first-order valence-corrected chi connectivity index (χ1v) is 7.73. The molecule has 1 fully saturated rings. The first-order chi connectivity index (χ1) is 12.3. The number of rotatable bonds is 3. The van der Waals surface area contributed by atoms with Crippen LogP contribution in [0.4, 0.5) is 28.9 Å². The van der Waals surface area contributed by atoms with Gasteiger partial charge in [0.15, 0.2) is 5.82 Å². The van der Waals surface area contributed by atoms with Gasteiger partial charge in [-0.1, -0.05) is 12.1 Å². The molecule has 0 aliphatic carbocycles. The smallest absolute Gasteiger partial charge is 0.370 e. The standard InChI is InChI=1S/C17H14F4N2O3/c18-14-9-13(23(24)25)5-6-15(14)22-7-8-26-16(10-22)11-1-3-12(4-2-11)17(19,20)21/h1-6,9,16H,7-8,10H2. The Hall–Kier alpha value is -2.68. The van der Waals surface area contributed by atoms with Gasteiger partial charge in [-0.25, -0.2) is 4.39 Å². The predicted molar refractivity (Wildman–Crippen MR) is 85.4 cm³/mol. The van der Waals surface area contributed by atoms with E-state index in [1.54, 1.807) is 4.90 Å². The predicted octanol–water partition coefficient (Wildman–Crippen LogP) is 4.33. The number of halogens is 4. The van der Waals surface area contributed by atoms with Gasteiger partial charge in [0.1, 0.15) is 6.10 Å². The second kappa shape index (κ2) is 6.91. The minimum Gasteiger partial charge on any atom is -0.370 e. The molecule has 5 nitrogen and oxygen atoms in total. The van der Waals surface area contributed by atoms with Gasteiger partial charge in [0.05, 0.1) is 28.8 Å². The third-order valence-electron chi connectivity index (χ3n) is 4.16. The molecule has 0 saturated carbocycles. The van der Waals surface area contributed by atoms with E-state index in [-0.39, 0.29) is 24.5 Å². The molecule has 0 spiro atoms. The zero-order valence-corrected chi connectivity index (χ0v) is 13.4. The van der Waals surface area contributed by atoms with E-state index in [2.05, 4.69) is 0 Å². The molecule has 0 N–H and O–H groups in total. The lowest BCUT2D eigenvalue weighted by Crippen LogP contribution is -2.38. The number of hydrogen-bond acceptors (Lipinski definition) is 4. The molecule has 1 saturated heterocycles. The van der Waals surface area contributed by atoms with Crippen LogP contribution in [0.5, 0.6) is 0 Å². The highest BCUT2D eigenvalue weighted by Crippen LogP contribution is 2.32. The number of nitro groups is 1. The molecular formula is C17H14F4N2O3. The summed E-state index contributed by atoms with van der Waals surface area (Å²) in [5, 5.41) is 10.7. The van der Waals surface area contributed by atoms with E-state index in [0.29, 0.717) is 12.1 Å². The molecule has 1 aliphatic heterocycles. The van der Waals surface area contributed by atoms with Crippen LogP contribution >= 0.6 is 0 Å². The van der Waals surface area contributed by atoms with Crippen molar-refractivity contribution < 1.29 is 27.2 Å². The SMILES string of the molecule is O=[N+]([O-])c1ccc(N2CCOC(c3ccc(C(F)(F)F)cc3)C2)c(F)c1. The lowest BCUT2D eigenvalue weighted by Gasteiger charge is -2.35. The van der Waals surface area contributed by atoms with Crippen LogP contribution in [0.15, 0.2) is 42.5 Å². The Morgan fingerprint density at radius 1 is 1.15 bits per heavy atom. The molecule has 9 heteroatoms. The summed E-state index contributed by atoms with van der Waals surface area (Å²) in [5.74, 6) is -0.729. The fourth-order valence-electron chi connectivity index (χ4n) is 2.82. The minimum atomic E-state index is -4.42.